The third-order valence-corrected chi connectivity index (χ3v) is 7.25. The van der Waals surface area contributed by atoms with E-state index in [0.29, 0.717) is 32.2 Å². The maximum Gasteiger partial charge on any atom is 0.410 e. The van der Waals surface area contributed by atoms with Crippen LogP contribution in [0.1, 0.15) is 24.3 Å². The summed E-state index contributed by atoms with van der Waals surface area (Å²) in [7, 11) is 0. The first kappa shape index (κ1) is 21.4. The summed E-state index contributed by atoms with van der Waals surface area (Å²) in [5.41, 5.74) is 6.02. The molecule has 2 aromatic heterocycles. The van der Waals surface area contributed by atoms with E-state index in [-0.39, 0.29) is 12.2 Å². The fourth-order valence-corrected chi connectivity index (χ4v) is 5.14. The predicted molar refractivity (Wildman–Crippen MR) is 130 cm³/mol. The Balaban J connectivity index is 1.16. The van der Waals surface area contributed by atoms with Gasteiger partial charge in [0.25, 0.3) is 0 Å². The topological polar surface area (TPSA) is 71.3 Å². The van der Waals surface area contributed by atoms with E-state index in [1.807, 2.05) is 10.7 Å². The average Bonchev–Trinajstić information content (AvgIpc) is 3.31. The number of nitrogens with zero attached hydrogens (tertiary/aromatic N) is 4. The Hall–Kier alpha value is -3.10. The number of piperazine rings is 1. The lowest BCUT2D eigenvalue weighted by atomic mass is 9.91. The van der Waals surface area contributed by atoms with Crippen molar-refractivity contribution in [2.75, 3.05) is 57.4 Å². The molecule has 8 nitrogen and oxygen atoms in total. The molecule has 1 atom stereocenters. The van der Waals surface area contributed by atoms with E-state index in [0.717, 1.165) is 37.4 Å². The third kappa shape index (κ3) is 4.23. The molecular formula is C26H31N5O3. The zero-order valence-electron chi connectivity index (χ0n) is 19.4. The van der Waals surface area contributed by atoms with Crippen molar-refractivity contribution in [1.82, 2.24) is 19.8 Å². The zero-order chi connectivity index (χ0) is 22.9. The van der Waals surface area contributed by atoms with Gasteiger partial charge >= 0.3 is 6.09 Å². The molecule has 3 aliphatic heterocycles. The number of anilines is 1. The number of benzene rings is 1. The molecule has 0 unspecified atom stereocenters. The van der Waals surface area contributed by atoms with E-state index in [1.54, 1.807) is 4.90 Å². The number of rotatable bonds is 4. The minimum absolute atomic E-state index is 0.0853. The Morgan fingerprint density at radius 1 is 1.06 bits per heavy atom. The molecule has 0 radical (unpaired) electrons. The maximum absolute atomic E-state index is 12.4. The van der Waals surface area contributed by atoms with E-state index in [9.17, 15) is 4.79 Å². The number of hydrogen-bond acceptors (Lipinski definition) is 6. The van der Waals surface area contributed by atoms with Crippen molar-refractivity contribution in [3.8, 4) is 11.1 Å². The highest BCUT2D eigenvalue weighted by Gasteiger charge is 2.28. The molecule has 0 aliphatic carbocycles. The molecule has 3 fully saturated rings. The highest BCUT2D eigenvalue weighted by molar-refractivity contribution is 5.80. The number of fused-ring (bicyclic) bond motifs is 1. The van der Waals surface area contributed by atoms with Crippen molar-refractivity contribution < 1.29 is 14.3 Å². The van der Waals surface area contributed by atoms with Gasteiger partial charge in [0.05, 0.1) is 24.4 Å². The van der Waals surface area contributed by atoms with Gasteiger partial charge in [-0.3, -0.25) is 0 Å². The molecule has 5 heterocycles. The quantitative estimate of drug-likeness (QED) is 0.644. The second-order valence-electron chi connectivity index (χ2n) is 9.46. The van der Waals surface area contributed by atoms with Crippen molar-refractivity contribution >= 4 is 17.3 Å². The van der Waals surface area contributed by atoms with Crippen molar-refractivity contribution in [3.05, 3.63) is 54.4 Å². The normalized spacial score (nSPS) is 21.5. The monoisotopic (exact) mass is 461 g/mol. The Morgan fingerprint density at radius 2 is 1.88 bits per heavy atom. The van der Waals surface area contributed by atoms with Crippen LogP contribution in [0.4, 0.5) is 10.5 Å². The number of amides is 1. The Bertz CT molecular complexity index is 1140. The van der Waals surface area contributed by atoms with Crippen LogP contribution in [-0.2, 0) is 9.47 Å². The smallest absolute Gasteiger partial charge is 0.410 e. The molecule has 3 aliphatic rings. The Labute approximate surface area is 199 Å². The summed E-state index contributed by atoms with van der Waals surface area (Å²) in [4.78, 5) is 16.5. The number of carbonyl (C=O) groups excluding carboxylic acids is 1. The number of hydrogen-bond donors (Lipinski definition) is 1. The minimum Gasteiger partial charge on any atom is -0.441 e. The van der Waals surface area contributed by atoms with Gasteiger partial charge in [-0.25, -0.2) is 9.31 Å². The van der Waals surface area contributed by atoms with Crippen LogP contribution in [0, 0.1) is 0 Å². The van der Waals surface area contributed by atoms with Crippen LogP contribution in [0.5, 0.6) is 0 Å². The Kier molecular flexibility index (Phi) is 5.84. The number of nitrogens with one attached hydrogen (secondary N) is 1. The van der Waals surface area contributed by atoms with Gasteiger partial charge in [0.1, 0.15) is 0 Å². The van der Waals surface area contributed by atoms with Crippen LogP contribution in [0.3, 0.4) is 0 Å². The van der Waals surface area contributed by atoms with Gasteiger partial charge in [0.2, 0.25) is 0 Å². The van der Waals surface area contributed by atoms with Gasteiger partial charge in [-0.15, -0.1) is 0 Å². The van der Waals surface area contributed by atoms with Crippen LogP contribution < -0.4 is 10.2 Å². The second-order valence-corrected chi connectivity index (χ2v) is 9.46. The predicted octanol–water partition coefficient (Wildman–Crippen LogP) is 3.13. The van der Waals surface area contributed by atoms with Gasteiger partial charge in [0.15, 0.2) is 6.10 Å². The number of piperidine rings is 1. The van der Waals surface area contributed by atoms with Gasteiger partial charge < -0.3 is 24.6 Å². The molecule has 6 rings (SSSR count). The van der Waals surface area contributed by atoms with Crippen molar-refractivity contribution in [2.24, 2.45) is 0 Å². The molecule has 34 heavy (non-hydrogen) atoms. The van der Waals surface area contributed by atoms with Crippen molar-refractivity contribution in [1.29, 1.82) is 0 Å². The minimum atomic E-state index is -0.231. The fourth-order valence-electron chi connectivity index (χ4n) is 5.14. The summed E-state index contributed by atoms with van der Waals surface area (Å²) in [5, 5.41) is 8.06. The largest absolute Gasteiger partial charge is 0.441 e. The lowest BCUT2D eigenvalue weighted by molar-refractivity contribution is -0.104. The highest BCUT2D eigenvalue weighted by atomic mass is 16.6. The van der Waals surface area contributed by atoms with Crippen LogP contribution in [0.15, 0.2) is 48.8 Å². The SMILES string of the molecule is O=C(OC1COC1)N1CCN(c2ccnn3cc(-c4ccc([C@@H]5CCCNC5)cc4)cc23)CC1. The lowest BCUT2D eigenvalue weighted by Gasteiger charge is -2.37. The van der Waals surface area contributed by atoms with Crippen LogP contribution in [-0.4, -0.2) is 79.2 Å². The summed E-state index contributed by atoms with van der Waals surface area (Å²) in [6, 6.07) is 13.3. The number of ether oxygens (including phenoxy) is 2. The molecule has 0 saturated carbocycles. The molecule has 0 spiro atoms. The summed E-state index contributed by atoms with van der Waals surface area (Å²) in [5.74, 6) is 0.613. The van der Waals surface area contributed by atoms with Gasteiger partial charge in [-0.05, 0) is 48.6 Å². The first-order valence-electron chi connectivity index (χ1n) is 12.3. The fraction of sp³-hybridized carbons (Fsp3) is 0.462. The van der Waals surface area contributed by atoms with Crippen molar-refractivity contribution in [3.63, 3.8) is 0 Å². The number of carbonyl (C=O) groups is 1. The molecule has 8 heteroatoms. The number of aromatic nitrogens is 2. The summed E-state index contributed by atoms with van der Waals surface area (Å²) in [6.45, 7) is 6.05. The highest BCUT2D eigenvalue weighted by Crippen LogP contribution is 2.31. The lowest BCUT2D eigenvalue weighted by Crippen LogP contribution is -2.51. The zero-order valence-corrected chi connectivity index (χ0v) is 19.4. The van der Waals surface area contributed by atoms with E-state index in [4.69, 9.17) is 9.47 Å². The van der Waals surface area contributed by atoms with E-state index in [2.05, 4.69) is 57.9 Å². The van der Waals surface area contributed by atoms with Gasteiger partial charge in [0, 0.05) is 50.7 Å². The molecule has 3 aromatic rings. The molecule has 1 amide bonds. The maximum atomic E-state index is 12.4. The second kappa shape index (κ2) is 9.27. The molecule has 3 saturated heterocycles. The average molecular weight is 462 g/mol. The van der Waals surface area contributed by atoms with E-state index >= 15 is 0 Å². The first-order valence-corrected chi connectivity index (χ1v) is 12.3. The summed E-state index contributed by atoms with van der Waals surface area (Å²) >= 11 is 0. The van der Waals surface area contributed by atoms with E-state index in [1.165, 1.54) is 29.5 Å². The standard InChI is InChI=1S/C26H31N5O3/c32-26(34-23-17-33-18-23)30-12-10-29(11-13-30)24-7-9-28-31-16-22(14-25(24)31)20-5-3-19(4-6-20)21-2-1-8-27-15-21/h3-7,9,14,16,21,23,27H,1-2,8,10-13,15,17-18H2/t21-/m1/s1. The molecular weight excluding hydrogens is 430 g/mol. The van der Waals surface area contributed by atoms with Crippen LogP contribution >= 0.6 is 0 Å². The van der Waals surface area contributed by atoms with Gasteiger partial charge in [-0.1, -0.05) is 24.3 Å². The van der Waals surface area contributed by atoms with E-state index < -0.39 is 0 Å². The summed E-state index contributed by atoms with van der Waals surface area (Å²) < 4.78 is 12.5. The Morgan fingerprint density at radius 3 is 2.59 bits per heavy atom. The van der Waals surface area contributed by atoms with Gasteiger partial charge in [-0.2, -0.15) is 5.10 Å². The molecule has 0 bridgehead atoms. The van der Waals surface area contributed by atoms with Crippen LogP contribution in [0.25, 0.3) is 16.6 Å². The third-order valence-electron chi connectivity index (χ3n) is 7.25. The summed E-state index contributed by atoms with van der Waals surface area (Å²) in [6.07, 6.45) is 6.14. The molecule has 178 valence electrons. The van der Waals surface area contributed by atoms with Crippen LogP contribution in [0.2, 0.25) is 0 Å². The van der Waals surface area contributed by atoms with Crippen molar-refractivity contribution in [2.45, 2.75) is 24.9 Å². The molecule has 1 aromatic carbocycles. The molecule has 1 N–H and O–H groups in total. The first-order chi connectivity index (χ1) is 16.7.